The van der Waals surface area contributed by atoms with E-state index in [1.54, 1.807) is 44.0 Å². The molecule has 164 valence electrons. The van der Waals surface area contributed by atoms with Crippen LogP contribution >= 0.6 is 0 Å². The van der Waals surface area contributed by atoms with Gasteiger partial charge in [-0.15, -0.1) is 0 Å². The van der Waals surface area contributed by atoms with Gasteiger partial charge in [0, 0.05) is 44.1 Å². The summed E-state index contributed by atoms with van der Waals surface area (Å²) in [5, 5.41) is 16.5. The van der Waals surface area contributed by atoms with E-state index in [4.69, 9.17) is 20.0 Å². The van der Waals surface area contributed by atoms with Crippen molar-refractivity contribution in [1.29, 1.82) is 5.26 Å². The second kappa shape index (κ2) is 9.02. The van der Waals surface area contributed by atoms with E-state index in [0.29, 0.717) is 34.3 Å². The number of pyridine rings is 3. The smallest absolute Gasteiger partial charge is 0.162 e. The molecule has 0 unspecified atom stereocenters. The van der Waals surface area contributed by atoms with Crippen LogP contribution < -0.4 is 20.3 Å². The number of anilines is 3. The normalized spacial score (nSPS) is 13.5. The third-order valence-electron chi connectivity index (χ3n) is 5.35. The molecule has 0 spiro atoms. The number of hydrogen-bond acceptors (Lipinski definition) is 10. The minimum Gasteiger partial charge on any atom is -0.494 e. The zero-order valence-corrected chi connectivity index (χ0v) is 18.0. The predicted molar refractivity (Wildman–Crippen MR) is 124 cm³/mol. The molecule has 0 radical (unpaired) electrons. The van der Waals surface area contributed by atoms with Crippen LogP contribution in [0.5, 0.6) is 5.75 Å². The average molecular weight is 439 g/mol. The van der Waals surface area contributed by atoms with Crippen LogP contribution in [0.15, 0.2) is 49.1 Å². The predicted octanol–water partition coefficient (Wildman–Crippen LogP) is 2.52. The zero-order valence-electron chi connectivity index (χ0n) is 18.0. The zero-order chi connectivity index (χ0) is 22.6. The van der Waals surface area contributed by atoms with E-state index >= 15 is 0 Å². The van der Waals surface area contributed by atoms with E-state index in [9.17, 15) is 0 Å². The molecule has 10 heteroatoms. The van der Waals surface area contributed by atoms with Crippen molar-refractivity contribution >= 4 is 28.4 Å². The van der Waals surface area contributed by atoms with Crippen LogP contribution in [-0.4, -0.2) is 58.2 Å². The Balaban J connectivity index is 1.57. The fraction of sp³-hybridized carbons (Fsp3) is 0.217. The molecule has 0 saturated carbocycles. The molecule has 0 bridgehead atoms. The summed E-state index contributed by atoms with van der Waals surface area (Å²) in [4.78, 5) is 24.9. The average Bonchev–Trinajstić information content (AvgIpc) is 2.88. The van der Waals surface area contributed by atoms with Gasteiger partial charge >= 0.3 is 0 Å². The Morgan fingerprint density at radius 1 is 1.06 bits per heavy atom. The maximum absolute atomic E-state index is 9.12. The van der Waals surface area contributed by atoms with Crippen molar-refractivity contribution in [3.05, 3.63) is 54.6 Å². The number of nitriles is 1. The minimum atomic E-state index is 0.517. The number of nitrogens with zero attached hydrogens (tertiary/aromatic N) is 7. The Labute approximate surface area is 190 Å². The van der Waals surface area contributed by atoms with Gasteiger partial charge in [0.15, 0.2) is 5.82 Å². The maximum atomic E-state index is 9.12. The summed E-state index contributed by atoms with van der Waals surface area (Å²) < 4.78 is 5.57. The second-order valence-electron chi connectivity index (χ2n) is 7.44. The van der Waals surface area contributed by atoms with E-state index in [0.717, 1.165) is 42.9 Å². The summed E-state index contributed by atoms with van der Waals surface area (Å²) in [5.74, 6) is 3.15. The van der Waals surface area contributed by atoms with Crippen LogP contribution in [0.25, 0.3) is 22.3 Å². The molecule has 0 atom stereocenters. The molecule has 0 amide bonds. The highest BCUT2D eigenvalue weighted by Gasteiger charge is 2.20. The molecule has 33 heavy (non-hydrogen) atoms. The van der Waals surface area contributed by atoms with Gasteiger partial charge in [0.05, 0.1) is 42.0 Å². The Morgan fingerprint density at radius 3 is 2.64 bits per heavy atom. The van der Waals surface area contributed by atoms with Gasteiger partial charge in [0.25, 0.3) is 0 Å². The molecular weight excluding hydrogens is 418 g/mol. The third kappa shape index (κ3) is 4.22. The second-order valence-corrected chi connectivity index (χ2v) is 7.44. The van der Waals surface area contributed by atoms with E-state index in [1.807, 2.05) is 12.1 Å². The molecule has 4 aromatic heterocycles. The van der Waals surface area contributed by atoms with Gasteiger partial charge in [-0.05, 0) is 24.3 Å². The summed E-state index contributed by atoms with van der Waals surface area (Å²) in [6.07, 6.45) is 6.69. The first-order valence-corrected chi connectivity index (χ1v) is 10.5. The highest BCUT2D eigenvalue weighted by atomic mass is 16.5. The monoisotopic (exact) mass is 439 g/mol. The lowest BCUT2D eigenvalue weighted by molar-refractivity contribution is 0.418. The molecule has 0 aliphatic carbocycles. The van der Waals surface area contributed by atoms with Gasteiger partial charge in [0.2, 0.25) is 0 Å². The third-order valence-corrected chi connectivity index (χ3v) is 5.35. The summed E-state index contributed by atoms with van der Waals surface area (Å²) in [6, 6.07) is 9.15. The Kier molecular flexibility index (Phi) is 5.61. The molecule has 1 aliphatic rings. The van der Waals surface area contributed by atoms with Crippen LogP contribution in [0.1, 0.15) is 5.56 Å². The lowest BCUT2D eigenvalue weighted by atomic mass is 10.2. The molecule has 10 nitrogen and oxygen atoms in total. The SMILES string of the molecule is COc1cncc2nc(-c3ccnc(Nc4cc(C#N)ccn4)c3)nc(N3CCNCC3)c12. The van der Waals surface area contributed by atoms with Gasteiger partial charge < -0.3 is 20.3 Å². The van der Waals surface area contributed by atoms with Crippen molar-refractivity contribution in [2.45, 2.75) is 0 Å². The van der Waals surface area contributed by atoms with Gasteiger partial charge in [-0.2, -0.15) is 5.26 Å². The van der Waals surface area contributed by atoms with Gasteiger partial charge in [-0.25, -0.2) is 19.9 Å². The van der Waals surface area contributed by atoms with E-state index in [1.165, 1.54) is 0 Å². The Morgan fingerprint density at radius 2 is 1.85 bits per heavy atom. The topological polar surface area (TPSA) is 125 Å². The minimum absolute atomic E-state index is 0.517. The Bertz CT molecular complexity index is 1350. The highest BCUT2D eigenvalue weighted by molar-refractivity contribution is 5.95. The fourth-order valence-electron chi connectivity index (χ4n) is 3.76. The molecule has 5 heterocycles. The van der Waals surface area contributed by atoms with Gasteiger partial charge in [-0.3, -0.25) is 4.98 Å². The van der Waals surface area contributed by atoms with Crippen molar-refractivity contribution < 1.29 is 4.74 Å². The van der Waals surface area contributed by atoms with Gasteiger partial charge in [0.1, 0.15) is 23.2 Å². The number of fused-ring (bicyclic) bond motifs is 1. The first kappa shape index (κ1) is 20.5. The summed E-state index contributed by atoms with van der Waals surface area (Å²) in [7, 11) is 1.63. The standard InChI is InChI=1S/C23H21N9O/c1-33-18-14-26-13-17-21(18)23(32-8-6-25-7-9-32)31-22(29-17)16-3-5-28-20(11-16)30-19-10-15(12-24)2-4-27-19/h2-5,10-11,13-14,25H,6-9H2,1H3,(H,27,28,30). The van der Waals surface area contributed by atoms with Crippen molar-refractivity contribution in [3.63, 3.8) is 0 Å². The molecule has 1 aliphatic heterocycles. The van der Waals surface area contributed by atoms with Crippen molar-refractivity contribution in [2.24, 2.45) is 0 Å². The number of rotatable bonds is 5. The molecular formula is C23H21N9O. The molecule has 1 fully saturated rings. The Hall–Kier alpha value is -4.36. The first-order valence-electron chi connectivity index (χ1n) is 10.5. The van der Waals surface area contributed by atoms with E-state index in [-0.39, 0.29) is 0 Å². The van der Waals surface area contributed by atoms with Crippen LogP contribution in [0.2, 0.25) is 0 Å². The summed E-state index contributed by atoms with van der Waals surface area (Å²) in [6.45, 7) is 3.43. The molecule has 2 N–H and O–H groups in total. The molecule has 5 rings (SSSR count). The maximum Gasteiger partial charge on any atom is 0.162 e. The largest absolute Gasteiger partial charge is 0.494 e. The first-order chi connectivity index (χ1) is 16.2. The number of ether oxygens (including phenoxy) is 1. The van der Waals surface area contributed by atoms with Gasteiger partial charge in [-0.1, -0.05) is 0 Å². The number of methoxy groups -OCH3 is 1. The number of aromatic nitrogens is 5. The summed E-state index contributed by atoms with van der Waals surface area (Å²) >= 11 is 0. The highest BCUT2D eigenvalue weighted by Crippen LogP contribution is 2.34. The quantitative estimate of drug-likeness (QED) is 0.479. The van der Waals surface area contributed by atoms with Crippen LogP contribution in [0, 0.1) is 11.3 Å². The van der Waals surface area contributed by atoms with Crippen molar-refractivity contribution in [2.75, 3.05) is 43.5 Å². The van der Waals surface area contributed by atoms with E-state index < -0.39 is 0 Å². The summed E-state index contributed by atoms with van der Waals surface area (Å²) in [5.41, 5.74) is 2.02. The fourth-order valence-corrected chi connectivity index (χ4v) is 3.76. The number of hydrogen-bond donors (Lipinski definition) is 2. The van der Waals surface area contributed by atoms with Crippen molar-refractivity contribution in [3.8, 4) is 23.2 Å². The lowest BCUT2D eigenvalue weighted by Gasteiger charge is -2.29. The lowest BCUT2D eigenvalue weighted by Crippen LogP contribution is -2.44. The van der Waals surface area contributed by atoms with Crippen molar-refractivity contribution in [1.82, 2.24) is 30.2 Å². The number of piperazine rings is 1. The van der Waals surface area contributed by atoms with E-state index in [2.05, 4.69) is 36.6 Å². The van der Waals surface area contributed by atoms with Crippen LogP contribution in [-0.2, 0) is 0 Å². The number of nitrogens with one attached hydrogen (secondary N) is 2. The van der Waals surface area contributed by atoms with Crippen LogP contribution in [0.4, 0.5) is 17.5 Å². The molecule has 0 aromatic carbocycles. The molecule has 4 aromatic rings. The van der Waals surface area contributed by atoms with Crippen LogP contribution in [0.3, 0.4) is 0 Å². The molecule has 1 saturated heterocycles.